The molecule has 0 aliphatic heterocycles. The fourth-order valence-corrected chi connectivity index (χ4v) is 4.05. The Labute approximate surface area is 119 Å². The van der Waals surface area contributed by atoms with Crippen LogP contribution in [0.5, 0.6) is 0 Å². The number of nitrogens with one attached hydrogen (secondary N) is 1. The highest BCUT2D eigenvalue weighted by atomic mass is 16.2. The molecule has 1 amide bonds. The molecule has 106 valence electrons. The van der Waals surface area contributed by atoms with E-state index in [1.165, 1.54) is 0 Å². The van der Waals surface area contributed by atoms with Crippen LogP contribution < -0.4 is 5.32 Å². The van der Waals surface area contributed by atoms with Gasteiger partial charge < -0.3 is 5.32 Å². The molecule has 2 aliphatic rings. The van der Waals surface area contributed by atoms with E-state index in [1.807, 2.05) is 13.0 Å². The van der Waals surface area contributed by atoms with Gasteiger partial charge in [0.2, 0.25) is 5.91 Å². The third-order valence-electron chi connectivity index (χ3n) is 6.06. The van der Waals surface area contributed by atoms with Crippen LogP contribution in [-0.4, -0.2) is 16.7 Å². The highest BCUT2D eigenvalue weighted by molar-refractivity contribution is 6.04. The first kappa shape index (κ1) is 13.3. The van der Waals surface area contributed by atoms with Gasteiger partial charge in [-0.25, -0.2) is 0 Å². The number of carbonyl (C=O) groups is 2. The molecule has 20 heavy (non-hydrogen) atoms. The molecule has 0 unspecified atom stereocenters. The van der Waals surface area contributed by atoms with Crippen molar-refractivity contribution in [3.05, 3.63) is 24.5 Å². The van der Waals surface area contributed by atoms with Crippen LogP contribution in [0.3, 0.4) is 0 Å². The van der Waals surface area contributed by atoms with Crippen molar-refractivity contribution in [2.45, 2.75) is 40.0 Å². The third kappa shape index (κ3) is 1.39. The molecule has 0 aromatic carbocycles. The summed E-state index contributed by atoms with van der Waals surface area (Å²) in [5.74, 6) is 0.195. The minimum absolute atomic E-state index is 0.0370. The summed E-state index contributed by atoms with van der Waals surface area (Å²) in [7, 11) is 0. The van der Waals surface area contributed by atoms with Gasteiger partial charge in [-0.3, -0.25) is 14.6 Å². The van der Waals surface area contributed by atoms with Gasteiger partial charge in [0.15, 0.2) is 0 Å². The summed E-state index contributed by atoms with van der Waals surface area (Å²) in [5.41, 5.74) is -0.548. The number of fused-ring (bicyclic) bond motifs is 2. The molecule has 4 nitrogen and oxygen atoms in total. The SMILES string of the molecule is CC1(C)[C@]2(C(=O)Nc3cccnc3)CC[C@@]1(C)C(=O)C2. The summed E-state index contributed by atoms with van der Waals surface area (Å²) in [6.07, 6.45) is 5.26. The Morgan fingerprint density at radius 1 is 1.30 bits per heavy atom. The van der Waals surface area contributed by atoms with Gasteiger partial charge in [-0.2, -0.15) is 0 Å². The zero-order valence-electron chi connectivity index (χ0n) is 12.2. The number of hydrogen-bond acceptors (Lipinski definition) is 3. The Balaban J connectivity index is 1.94. The molecule has 2 saturated carbocycles. The van der Waals surface area contributed by atoms with Crippen molar-refractivity contribution in [1.82, 2.24) is 4.98 Å². The predicted octanol–water partition coefficient (Wildman–Crippen LogP) is 2.81. The molecule has 2 aliphatic carbocycles. The van der Waals surface area contributed by atoms with E-state index in [-0.39, 0.29) is 22.5 Å². The largest absolute Gasteiger partial charge is 0.324 e. The van der Waals surface area contributed by atoms with Crippen molar-refractivity contribution < 1.29 is 9.59 Å². The van der Waals surface area contributed by atoms with Gasteiger partial charge in [0.25, 0.3) is 0 Å². The van der Waals surface area contributed by atoms with Crippen molar-refractivity contribution >= 4 is 17.4 Å². The van der Waals surface area contributed by atoms with Gasteiger partial charge in [0.1, 0.15) is 5.78 Å². The van der Waals surface area contributed by atoms with Crippen LogP contribution in [0, 0.1) is 16.2 Å². The fraction of sp³-hybridized carbons (Fsp3) is 0.562. The Bertz CT molecular complexity index is 581. The second-order valence-electron chi connectivity index (χ2n) is 6.83. The van der Waals surface area contributed by atoms with E-state index in [1.54, 1.807) is 18.5 Å². The number of Topliss-reactive ketones (excluding diaryl/α,β-unsaturated/α-hetero) is 1. The number of aromatic nitrogens is 1. The van der Waals surface area contributed by atoms with E-state index in [4.69, 9.17) is 0 Å². The third-order valence-corrected chi connectivity index (χ3v) is 6.06. The number of pyridine rings is 1. The molecule has 3 rings (SSSR count). The number of ketones is 1. The quantitative estimate of drug-likeness (QED) is 0.900. The Morgan fingerprint density at radius 2 is 2.05 bits per heavy atom. The first-order valence-electron chi connectivity index (χ1n) is 7.08. The molecule has 0 spiro atoms. The molecule has 1 N–H and O–H groups in total. The number of hydrogen-bond donors (Lipinski definition) is 1. The highest BCUT2D eigenvalue weighted by Crippen LogP contribution is 2.70. The number of anilines is 1. The zero-order valence-corrected chi connectivity index (χ0v) is 12.2. The van der Waals surface area contributed by atoms with Crippen LogP contribution in [0.4, 0.5) is 5.69 Å². The molecule has 2 fully saturated rings. The van der Waals surface area contributed by atoms with Gasteiger partial charge in [-0.1, -0.05) is 20.8 Å². The van der Waals surface area contributed by atoms with Crippen LogP contribution in [-0.2, 0) is 9.59 Å². The summed E-state index contributed by atoms with van der Waals surface area (Å²) in [5, 5.41) is 2.94. The molecular weight excluding hydrogens is 252 g/mol. The van der Waals surface area contributed by atoms with Crippen molar-refractivity contribution in [1.29, 1.82) is 0 Å². The molecule has 2 bridgehead atoms. The van der Waals surface area contributed by atoms with Gasteiger partial charge in [0.05, 0.1) is 17.3 Å². The molecular formula is C16H20N2O2. The minimum atomic E-state index is -0.575. The molecule has 0 radical (unpaired) electrons. The van der Waals surface area contributed by atoms with Gasteiger partial charge in [-0.15, -0.1) is 0 Å². The topological polar surface area (TPSA) is 59.1 Å². The second-order valence-corrected chi connectivity index (χ2v) is 6.83. The monoisotopic (exact) mass is 272 g/mol. The van der Waals surface area contributed by atoms with E-state index >= 15 is 0 Å². The van der Waals surface area contributed by atoms with Gasteiger partial charge >= 0.3 is 0 Å². The van der Waals surface area contributed by atoms with Crippen LogP contribution >= 0.6 is 0 Å². The van der Waals surface area contributed by atoms with Gasteiger partial charge in [0, 0.05) is 18.0 Å². The Hall–Kier alpha value is -1.71. The van der Waals surface area contributed by atoms with E-state index in [9.17, 15) is 9.59 Å². The lowest BCUT2D eigenvalue weighted by Crippen LogP contribution is -2.43. The van der Waals surface area contributed by atoms with Crippen molar-refractivity contribution in [2.24, 2.45) is 16.2 Å². The van der Waals surface area contributed by atoms with Crippen molar-refractivity contribution in [2.75, 3.05) is 5.32 Å². The average molecular weight is 272 g/mol. The molecule has 2 atom stereocenters. The Kier molecular flexibility index (Phi) is 2.59. The lowest BCUT2D eigenvalue weighted by atomic mass is 9.64. The summed E-state index contributed by atoms with van der Waals surface area (Å²) in [6.45, 7) is 6.14. The van der Waals surface area contributed by atoms with Crippen LogP contribution in [0.1, 0.15) is 40.0 Å². The highest BCUT2D eigenvalue weighted by Gasteiger charge is 2.72. The van der Waals surface area contributed by atoms with Crippen LogP contribution in [0.15, 0.2) is 24.5 Å². The molecule has 1 aromatic rings. The van der Waals surface area contributed by atoms with E-state index in [0.29, 0.717) is 12.1 Å². The summed E-state index contributed by atoms with van der Waals surface area (Å²) >= 11 is 0. The maximum atomic E-state index is 12.8. The van der Waals surface area contributed by atoms with Crippen molar-refractivity contribution in [3.8, 4) is 0 Å². The van der Waals surface area contributed by atoms with Gasteiger partial charge in [-0.05, 0) is 30.4 Å². The molecule has 4 heteroatoms. The summed E-state index contributed by atoms with van der Waals surface area (Å²) in [4.78, 5) is 29.2. The van der Waals surface area contributed by atoms with E-state index in [0.717, 1.165) is 12.8 Å². The van der Waals surface area contributed by atoms with Crippen LogP contribution in [0.2, 0.25) is 0 Å². The molecule has 0 saturated heterocycles. The smallest absolute Gasteiger partial charge is 0.231 e. The first-order valence-corrected chi connectivity index (χ1v) is 7.08. The normalized spacial score (nSPS) is 34.2. The molecule has 1 aromatic heterocycles. The van der Waals surface area contributed by atoms with E-state index < -0.39 is 5.41 Å². The zero-order chi connectivity index (χ0) is 14.6. The first-order chi connectivity index (χ1) is 9.33. The Morgan fingerprint density at radius 3 is 2.55 bits per heavy atom. The number of rotatable bonds is 2. The minimum Gasteiger partial charge on any atom is -0.324 e. The fourth-order valence-electron chi connectivity index (χ4n) is 4.05. The summed E-state index contributed by atoms with van der Waals surface area (Å²) in [6, 6.07) is 3.61. The summed E-state index contributed by atoms with van der Waals surface area (Å²) < 4.78 is 0. The van der Waals surface area contributed by atoms with Crippen molar-refractivity contribution in [3.63, 3.8) is 0 Å². The van der Waals surface area contributed by atoms with Crippen LogP contribution in [0.25, 0.3) is 0 Å². The predicted molar refractivity (Wildman–Crippen MR) is 76.0 cm³/mol. The number of carbonyl (C=O) groups excluding carboxylic acids is 2. The second kappa shape index (κ2) is 3.90. The number of nitrogens with zero attached hydrogens (tertiary/aromatic N) is 1. The lowest BCUT2D eigenvalue weighted by Gasteiger charge is -2.38. The number of amides is 1. The molecule has 1 heterocycles. The average Bonchev–Trinajstić information content (AvgIpc) is 2.70. The maximum absolute atomic E-state index is 12.8. The lowest BCUT2D eigenvalue weighted by molar-refractivity contribution is -0.131. The maximum Gasteiger partial charge on any atom is 0.231 e. The van der Waals surface area contributed by atoms with E-state index in [2.05, 4.69) is 24.1 Å². The standard InChI is InChI=1S/C16H20N2O2/c1-14(2)15(3)6-7-16(14,9-12(15)19)13(20)18-11-5-4-8-17-10-11/h4-5,8,10H,6-7,9H2,1-3H3,(H,18,20)/t15-,16+/m0/s1.